The summed E-state index contributed by atoms with van der Waals surface area (Å²) in [6.45, 7) is 11.3. The molecule has 1 amide bonds. The van der Waals surface area contributed by atoms with Crippen molar-refractivity contribution in [2.24, 2.45) is 10.7 Å². The number of nitro groups is 1. The zero-order valence-electron chi connectivity index (χ0n) is 26.5. The summed E-state index contributed by atoms with van der Waals surface area (Å²) in [5.41, 5.74) is 7.21. The van der Waals surface area contributed by atoms with Crippen molar-refractivity contribution in [1.29, 1.82) is 0 Å². The van der Waals surface area contributed by atoms with Crippen molar-refractivity contribution in [3.8, 4) is 5.75 Å². The minimum Gasteiger partial charge on any atom is -0.506 e. The van der Waals surface area contributed by atoms with E-state index in [1.165, 1.54) is 26.8 Å². The first-order valence-corrected chi connectivity index (χ1v) is 14.9. The van der Waals surface area contributed by atoms with Gasteiger partial charge in [0.2, 0.25) is 0 Å². The second-order valence-corrected chi connectivity index (χ2v) is 11.8. The number of aliphatic hydroxyl groups excluding tert-OH is 5. The maximum atomic E-state index is 13.0. The summed E-state index contributed by atoms with van der Waals surface area (Å²) >= 11 is 0. The highest BCUT2D eigenvalue weighted by atomic mass is 16.7. The Balaban J connectivity index is 1.71. The van der Waals surface area contributed by atoms with Gasteiger partial charge >= 0.3 is 5.97 Å². The number of carbonyl (C=O) groups excluding carboxylic acids is 1. The van der Waals surface area contributed by atoms with Crippen LogP contribution in [0.15, 0.2) is 29.8 Å². The van der Waals surface area contributed by atoms with Gasteiger partial charge in [0.05, 0.1) is 18.3 Å². The number of fused-ring (bicyclic) bond motifs is 1. The molecule has 1 aromatic carbocycles. The number of hydrazine groups is 1. The van der Waals surface area contributed by atoms with Crippen LogP contribution in [0.1, 0.15) is 47.0 Å². The van der Waals surface area contributed by atoms with E-state index in [4.69, 9.17) is 24.7 Å². The third-order valence-electron chi connectivity index (χ3n) is 8.42. The molecule has 0 spiro atoms. The molecule has 0 saturated carbocycles. The summed E-state index contributed by atoms with van der Waals surface area (Å²) in [5.74, 6) is -3.54. The monoisotopic (exact) mass is 697 g/mol. The first-order valence-electron chi connectivity index (χ1n) is 14.9. The number of nitrogens with zero attached hydrogens (tertiary/aromatic N) is 2. The molecule has 0 radical (unpaired) electrons. The van der Waals surface area contributed by atoms with Crippen LogP contribution >= 0.6 is 0 Å². The Labute approximate surface area is 278 Å². The fraction of sp³-hybridized carbons (Fsp3) is 0.552. The maximum Gasteiger partial charge on any atom is 0.325 e. The number of nitrogens with one attached hydrogen (secondary N) is 2. The Kier molecular flexibility index (Phi) is 11.3. The Morgan fingerprint density at radius 3 is 2.41 bits per heavy atom. The number of amides is 1. The number of nitrogens with two attached hydrogens (primary N) is 1. The van der Waals surface area contributed by atoms with Crippen LogP contribution in [0.2, 0.25) is 0 Å². The molecule has 2 aliphatic heterocycles. The highest BCUT2D eigenvalue weighted by molar-refractivity contribution is 6.03. The number of hydrogen-bond donors (Lipinski definition) is 10. The number of phenolic OH excluding ortho intramolecular Hbond substituents is 1. The van der Waals surface area contributed by atoms with Crippen molar-refractivity contribution >= 4 is 23.4 Å². The van der Waals surface area contributed by atoms with Crippen molar-refractivity contribution in [2.75, 3.05) is 6.61 Å². The predicted molar refractivity (Wildman–Crippen MR) is 164 cm³/mol. The molecule has 12 atom stereocenters. The average molecular weight is 698 g/mol. The number of aryl methyl sites for hydroxylation is 1. The van der Waals surface area contributed by atoms with Gasteiger partial charge in [-0.3, -0.25) is 9.59 Å². The molecule has 270 valence electrons. The van der Waals surface area contributed by atoms with Crippen LogP contribution < -0.4 is 16.5 Å². The van der Waals surface area contributed by atoms with E-state index in [2.05, 4.69) is 23.5 Å². The van der Waals surface area contributed by atoms with Crippen molar-refractivity contribution < 1.29 is 69.3 Å². The molecular formula is C29H39N5O15. The van der Waals surface area contributed by atoms with E-state index < -0.39 is 109 Å². The van der Waals surface area contributed by atoms with Gasteiger partial charge in [-0.05, 0) is 43.0 Å². The fourth-order valence-corrected chi connectivity index (χ4v) is 5.75. The third kappa shape index (κ3) is 7.51. The summed E-state index contributed by atoms with van der Waals surface area (Å²) in [6.07, 6.45) is -15.9. The van der Waals surface area contributed by atoms with Gasteiger partial charge in [-0.25, -0.2) is 15.1 Å². The minimum atomic E-state index is -1.88. The van der Waals surface area contributed by atoms with E-state index in [-0.39, 0.29) is 33.4 Å². The molecule has 0 bridgehead atoms. The number of aliphatic hydroxyl groups is 5. The van der Waals surface area contributed by atoms with Crippen LogP contribution in [0.3, 0.4) is 0 Å². The van der Waals surface area contributed by atoms with Gasteiger partial charge in [0.1, 0.15) is 60.6 Å². The molecular weight excluding hydrogens is 658 g/mol. The molecule has 12 unspecified atom stereocenters. The lowest BCUT2D eigenvalue weighted by molar-refractivity contribution is -0.525. The van der Waals surface area contributed by atoms with Crippen LogP contribution in [0.4, 0.5) is 0 Å². The zero-order chi connectivity index (χ0) is 36.6. The number of rotatable bonds is 9. The summed E-state index contributed by atoms with van der Waals surface area (Å²) < 4.78 is 23.1. The van der Waals surface area contributed by atoms with Gasteiger partial charge in [-0.15, -0.1) is 0 Å². The average Bonchev–Trinajstić information content (AvgIpc) is 3.01. The molecule has 20 nitrogen and oxygen atoms in total. The number of aromatic hydroxyl groups is 1. The summed E-state index contributed by atoms with van der Waals surface area (Å²) in [5, 5.41) is 86.0. The number of guanidine groups is 1. The first-order chi connectivity index (χ1) is 22.8. The summed E-state index contributed by atoms with van der Waals surface area (Å²) in [7, 11) is 0. The number of ether oxygens (including phenoxy) is 4. The quantitative estimate of drug-likeness (QED) is 0.0543. The highest BCUT2D eigenvalue weighted by Crippen LogP contribution is 2.48. The zero-order valence-corrected chi connectivity index (χ0v) is 26.5. The van der Waals surface area contributed by atoms with Crippen molar-refractivity contribution in [1.82, 2.24) is 10.7 Å². The van der Waals surface area contributed by atoms with Crippen molar-refractivity contribution in [3.63, 3.8) is 0 Å². The normalized spacial score (nSPS) is 34.1. The van der Waals surface area contributed by atoms with Gasteiger partial charge in [0.15, 0.2) is 17.6 Å². The van der Waals surface area contributed by atoms with Gasteiger partial charge in [0.25, 0.3) is 11.9 Å². The van der Waals surface area contributed by atoms with E-state index in [0.29, 0.717) is 0 Å². The molecule has 0 aromatic heterocycles. The van der Waals surface area contributed by atoms with E-state index in [1.54, 1.807) is 5.43 Å². The Hall–Kier alpha value is -4.25. The number of hydrogen-bond acceptors (Lipinski definition) is 15. The van der Waals surface area contributed by atoms with Gasteiger partial charge in [-0.1, -0.05) is 24.7 Å². The first kappa shape index (κ1) is 37.6. The molecule has 1 aromatic rings. The van der Waals surface area contributed by atoms with Gasteiger partial charge in [-0.2, -0.15) is 0 Å². The smallest absolute Gasteiger partial charge is 0.325 e. The van der Waals surface area contributed by atoms with Crippen LogP contribution in [-0.2, 0) is 23.7 Å². The van der Waals surface area contributed by atoms with E-state index in [9.17, 15) is 55.4 Å². The van der Waals surface area contributed by atoms with Crippen molar-refractivity contribution in [2.45, 2.75) is 94.3 Å². The van der Waals surface area contributed by atoms with Gasteiger partial charge in [0, 0.05) is 5.56 Å². The number of aliphatic imine (C=N–C) groups is 1. The molecule has 1 aliphatic carbocycles. The molecule has 2 fully saturated rings. The number of benzene rings is 1. The lowest BCUT2D eigenvalue weighted by Gasteiger charge is -2.46. The number of phenols is 1. The topological polar surface area (TPSA) is 318 Å². The second-order valence-electron chi connectivity index (χ2n) is 11.8. The fourth-order valence-electron chi connectivity index (χ4n) is 5.75. The summed E-state index contributed by atoms with van der Waals surface area (Å²) in [4.78, 5) is 39.2. The number of carbonyl (C=O) groups is 2. The van der Waals surface area contributed by atoms with Crippen LogP contribution in [0.25, 0.3) is 5.57 Å². The lowest BCUT2D eigenvalue weighted by atomic mass is 9.78. The Morgan fingerprint density at radius 1 is 1.14 bits per heavy atom. The van der Waals surface area contributed by atoms with E-state index >= 15 is 0 Å². The molecule has 2 saturated heterocycles. The Morgan fingerprint density at radius 2 is 1.80 bits per heavy atom. The molecule has 11 N–H and O–H groups in total. The highest BCUT2D eigenvalue weighted by Gasteiger charge is 2.51. The van der Waals surface area contributed by atoms with E-state index in [1.807, 2.05) is 0 Å². The standard InChI is InChI=1S/C29H39N5O15/c1-8-6-13-16(20(38)15(8)25(41)31-11(4)26(42)43)9(2)10(3)18(36)23(13)48-28-22(40)24(49-27-21(39)19(37)14(35)7-46-27)17(12(5)47-28)32-29(30)33-34(44)45/h6,11-12,14,17-19,21-24,27-28,35-40H,2-3,7H2,1,4-5H3,(H,31,41)(H,42,43)(H3,30,32,33). The lowest BCUT2D eigenvalue weighted by Crippen LogP contribution is -2.62. The molecule has 49 heavy (non-hydrogen) atoms. The molecule has 20 heteroatoms. The number of carboxylic acids is 1. The largest absolute Gasteiger partial charge is 0.506 e. The molecule has 3 aliphatic rings. The second kappa shape index (κ2) is 14.7. The Bertz CT molecular complexity index is 1540. The van der Waals surface area contributed by atoms with Crippen LogP contribution in [0.5, 0.6) is 5.75 Å². The van der Waals surface area contributed by atoms with Crippen molar-refractivity contribution in [3.05, 3.63) is 57.2 Å². The number of carboxylic acid groups (broad SMARTS) is 1. The maximum absolute atomic E-state index is 13.0. The summed E-state index contributed by atoms with van der Waals surface area (Å²) in [6, 6.07) is -1.24. The van der Waals surface area contributed by atoms with Crippen LogP contribution in [0, 0.1) is 17.0 Å². The SMILES string of the molecule is C=C1C(=C)C(O)C(OC2OC(C)C(N=C(N)N[N+](=O)[O-])C(OC3OCC(O)C(O)C3O)C2O)c2cc(C)c(C(=O)NC(C)C(=O)O)c(O)c21. The minimum absolute atomic E-state index is 0.0345. The predicted octanol–water partition coefficient (Wildman–Crippen LogP) is -2.70. The van der Waals surface area contributed by atoms with E-state index in [0.717, 1.165) is 0 Å². The third-order valence-corrected chi connectivity index (χ3v) is 8.42. The molecule has 2 heterocycles. The van der Waals surface area contributed by atoms with Gasteiger partial charge < -0.3 is 65.7 Å². The number of aliphatic carboxylic acids is 1. The van der Waals surface area contributed by atoms with Crippen LogP contribution in [-0.4, -0.2) is 133 Å². The molecule has 4 rings (SSSR count).